The molecule has 0 aromatic rings. The molecule has 0 saturated carbocycles. The highest BCUT2D eigenvalue weighted by Crippen LogP contribution is 2.14. The number of hydrogen-bond donors (Lipinski definition) is 2. The van der Waals surface area contributed by atoms with Crippen LogP contribution >= 0.6 is 0 Å². The molecule has 0 radical (unpaired) electrons. The lowest BCUT2D eigenvalue weighted by atomic mass is 10.2. The van der Waals surface area contributed by atoms with Crippen LogP contribution < -0.4 is 0 Å². The van der Waals surface area contributed by atoms with Crippen molar-refractivity contribution in [3.8, 4) is 0 Å². The van der Waals surface area contributed by atoms with Crippen molar-refractivity contribution < 1.29 is 19.7 Å². The number of esters is 1. The molecular formula is C4H6O4. The van der Waals surface area contributed by atoms with Gasteiger partial charge in [-0.1, -0.05) is 0 Å². The number of hydrogen-bond acceptors (Lipinski definition) is 4. The van der Waals surface area contributed by atoms with Crippen molar-refractivity contribution in [2.24, 2.45) is 0 Å². The maximum atomic E-state index is 10.1. The molecule has 4 nitrogen and oxygen atoms in total. The molecule has 0 unspecified atom stereocenters. The largest absolute Gasteiger partial charge is 0.460 e. The Morgan fingerprint density at radius 2 is 2.25 bits per heavy atom. The van der Waals surface area contributed by atoms with Gasteiger partial charge in [0, 0.05) is 0 Å². The van der Waals surface area contributed by atoms with Gasteiger partial charge in [0.15, 0.2) is 0 Å². The van der Waals surface area contributed by atoms with Gasteiger partial charge >= 0.3 is 5.97 Å². The zero-order valence-corrected chi connectivity index (χ0v) is 4.13. The van der Waals surface area contributed by atoms with Crippen LogP contribution in [0.5, 0.6) is 0 Å². The average molecular weight is 118 g/mol. The minimum atomic E-state index is -1.91. The van der Waals surface area contributed by atoms with E-state index in [1.165, 1.54) is 0 Å². The Labute approximate surface area is 45.7 Å². The van der Waals surface area contributed by atoms with Gasteiger partial charge < -0.3 is 14.9 Å². The number of cyclic esters (lactones) is 1. The molecule has 1 heterocycles. The fourth-order valence-corrected chi connectivity index (χ4v) is 0.529. The lowest BCUT2D eigenvalue weighted by Gasteiger charge is -2.06. The summed E-state index contributed by atoms with van der Waals surface area (Å²) in [4.78, 5) is 10.1. The van der Waals surface area contributed by atoms with Crippen LogP contribution in [-0.2, 0) is 9.53 Å². The smallest absolute Gasteiger partial charge is 0.311 e. The minimum absolute atomic E-state index is 0.300. The van der Waals surface area contributed by atoms with E-state index in [1.54, 1.807) is 0 Å². The standard InChI is InChI=1S/C4H6O4/c5-3-1-4(6,7)2-8-3/h6-7H,1-2H2. The second-order valence-electron chi connectivity index (χ2n) is 1.82. The fourth-order valence-electron chi connectivity index (χ4n) is 0.529. The summed E-state index contributed by atoms with van der Waals surface area (Å²) in [5.74, 6) is -2.47. The highest BCUT2D eigenvalue weighted by Gasteiger charge is 2.35. The Morgan fingerprint density at radius 1 is 1.62 bits per heavy atom. The van der Waals surface area contributed by atoms with Gasteiger partial charge in [-0.05, 0) is 0 Å². The first-order valence-corrected chi connectivity index (χ1v) is 2.20. The van der Waals surface area contributed by atoms with E-state index >= 15 is 0 Å². The quantitative estimate of drug-likeness (QED) is 0.303. The molecule has 0 aromatic heterocycles. The third-order valence-corrected chi connectivity index (χ3v) is 0.892. The van der Waals surface area contributed by atoms with Crippen LogP contribution in [0.25, 0.3) is 0 Å². The predicted molar refractivity (Wildman–Crippen MR) is 22.7 cm³/mol. The van der Waals surface area contributed by atoms with E-state index < -0.39 is 11.8 Å². The number of rotatable bonds is 0. The molecule has 4 heteroatoms. The van der Waals surface area contributed by atoms with Crippen molar-refractivity contribution in [1.82, 2.24) is 0 Å². The average Bonchev–Trinajstić information content (AvgIpc) is 1.82. The molecule has 1 aliphatic rings. The van der Waals surface area contributed by atoms with Crippen LogP contribution in [0.15, 0.2) is 0 Å². The maximum Gasteiger partial charge on any atom is 0.311 e. The lowest BCUT2D eigenvalue weighted by molar-refractivity contribution is -0.156. The monoisotopic (exact) mass is 118 g/mol. The summed E-state index contributed by atoms with van der Waals surface area (Å²) in [7, 11) is 0. The Bertz CT molecular complexity index is 117. The van der Waals surface area contributed by atoms with Gasteiger partial charge in [-0.2, -0.15) is 0 Å². The predicted octanol–water partition coefficient (Wildman–Crippen LogP) is -1.39. The molecule has 0 amide bonds. The molecule has 0 atom stereocenters. The summed E-state index contributed by atoms with van der Waals surface area (Å²) < 4.78 is 4.23. The molecule has 8 heavy (non-hydrogen) atoms. The maximum absolute atomic E-state index is 10.1. The summed E-state index contributed by atoms with van der Waals surface area (Å²) >= 11 is 0. The molecule has 1 aliphatic heterocycles. The van der Waals surface area contributed by atoms with Crippen molar-refractivity contribution in [3.63, 3.8) is 0 Å². The summed E-state index contributed by atoms with van der Waals surface area (Å²) in [6.45, 7) is -0.300. The van der Waals surface area contributed by atoms with Crippen molar-refractivity contribution >= 4 is 5.97 Å². The van der Waals surface area contributed by atoms with Crippen molar-refractivity contribution in [3.05, 3.63) is 0 Å². The summed E-state index contributed by atoms with van der Waals surface area (Å²) in [5.41, 5.74) is 0. The molecule has 2 N–H and O–H groups in total. The summed E-state index contributed by atoms with van der Waals surface area (Å²) in [6, 6.07) is 0. The first-order chi connectivity index (χ1) is 3.60. The van der Waals surface area contributed by atoms with Crippen LogP contribution in [0.3, 0.4) is 0 Å². The van der Waals surface area contributed by atoms with Crippen molar-refractivity contribution in [2.45, 2.75) is 12.2 Å². The van der Waals surface area contributed by atoms with E-state index in [0.29, 0.717) is 0 Å². The molecule has 0 bridgehead atoms. The normalized spacial score (nSPS) is 25.5. The van der Waals surface area contributed by atoms with Crippen LogP contribution in [0.2, 0.25) is 0 Å². The third kappa shape index (κ3) is 0.962. The zero-order valence-electron chi connectivity index (χ0n) is 4.13. The van der Waals surface area contributed by atoms with Gasteiger partial charge in [-0.15, -0.1) is 0 Å². The number of carbonyl (C=O) groups excluding carboxylic acids is 1. The number of ether oxygens (including phenoxy) is 1. The van der Waals surface area contributed by atoms with E-state index in [-0.39, 0.29) is 13.0 Å². The highest BCUT2D eigenvalue weighted by molar-refractivity contribution is 5.72. The van der Waals surface area contributed by atoms with Crippen LogP contribution in [0.4, 0.5) is 0 Å². The second-order valence-corrected chi connectivity index (χ2v) is 1.82. The van der Waals surface area contributed by atoms with Gasteiger partial charge in [-0.25, -0.2) is 0 Å². The van der Waals surface area contributed by atoms with Gasteiger partial charge in [0.2, 0.25) is 5.79 Å². The number of carbonyl (C=O) groups is 1. The lowest BCUT2D eigenvalue weighted by Crippen LogP contribution is -2.27. The first kappa shape index (κ1) is 5.53. The Hall–Kier alpha value is -0.610. The summed E-state index contributed by atoms with van der Waals surface area (Å²) in [5, 5.41) is 17.1. The van der Waals surface area contributed by atoms with Gasteiger partial charge in [0.05, 0.1) is 0 Å². The molecule has 1 rings (SSSR count). The van der Waals surface area contributed by atoms with Crippen LogP contribution in [-0.4, -0.2) is 28.6 Å². The van der Waals surface area contributed by atoms with E-state index in [2.05, 4.69) is 4.74 Å². The summed E-state index contributed by atoms with van der Waals surface area (Å²) in [6.07, 6.45) is -0.312. The van der Waals surface area contributed by atoms with E-state index in [9.17, 15) is 4.79 Å². The van der Waals surface area contributed by atoms with Crippen molar-refractivity contribution in [1.29, 1.82) is 0 Å². The minimum Gasteiger partial charge on any atom is -0.460 e. The van der Waals surface area contributed by atoms with E-state index in [0.717, 1.165) is 0 Å². The van der Waals surface area contributed by atoms with Gasteiger partial charge in [0.25, 0.3) is 0 Å². The Balaban J connectivity index is 2.56. The van der Waals surface area contributed by atoms with E-state index in [1.807, 2.05) is 0 Å². The zero-order chi connectivity index (χ0) is 6.20. The molecular weight excluding hydrogens is 112 g/mol. The molecule has 0 aromatic carbocycles. The third-order valence-electron chi connectivity index (χ3n) is 0.892. The highest BCUT2D eigenvalue weighted by atomic mass is 16.6. The molecule has 1 saturated heterocycles. The van der Waals surface area contributed by atoms with Gasteiger partial charge in [-0.3, -0.25) is 4.79 Å². The Morgan fingerprint density at radius 3 is 2.38 bits per heavy atom. The fraction of sp³-hybridized carbons (Fsp3) is 0.750. The molecule has 0 spiro atoms. The Kier molecular flexibility index (Phi) is 0.988. The SMILES string of the molecule is O=C1CC(O)(O)CO1. The first-order valence-electron chi connectivity index (χ1n) is 2.20. The number of aliphatic hydroxyl groups is 2. The van der Waals surface area contributed by atoms with Crippen LogP contribution in [0.1, 0.15) is 6.42 Å². The van der Waals surface area contributed by atoms with E-state index in [4.69, 9.17) is 10.2 Å². The van der Waals surface area contributed by atoms with Crippen LogP contribution in [0, 0.1) is 0 Å². The molecule has 1 fully saturated rings. The van der Waals surface area contributed by atoms with Crippen molar-refractivity contribution in [2.75, 3.05) is 6.61 Å². The molecule has 0 aliphatic carbocycles. The topological polar surface area (TPSA) is 66.8 Å². The second kappa shape index (κ2) is 1.43. The van der Waals surface area contributed by atoms with Gasteiger partial charge in [0.1, 0.15) is 13.0 Å². The molecule has 46 valence electrons.